The normalized spacial score (nSPS) is 10.4. The Hall–Kier alpha value is -2.01. The summed E-state index contributed by atoms with van der Waals surface area (Å²) in [4.78, 5) is 20.1. The van der Waals surface area contributed by atoms with Crippen molar-refractivity contribution in [2.75, 3.05) is 13.1 Å². The summed E-state index contributed by atoms with van der Waals surface area (Å²) in [6, 6.07) is 7.45. The average molecular weight is 230 g/mol. The van der Waals surface area contributed by atoms with E-state index in [-0.39, 0.29) is 5.91 Å². The number of hydrogen-bond donors (Lipinski definition) is 2. The summed E-state index contributed by atoms with van der Waals surface area (Å²) in [5.41, 5.74) is 7.19. The van der Waals surface area contributed by atoms with Crippen LogP contribution in [0.4, 0.5) is 0 Å². The molecule has 0 aliphatic heterocycles. The molecule has 0 saturated carbocycles. The number of para-hydroxylation sites is 2. The summed E-state index contributed by atoms with van der Waals surface area (Å²) in [5, 5.41) is 2.74. The van der Waals surface area contributed by atoms with Gasteiger partial charge in [0.05, 0.1) is 17.2 Å². The highest BCUT2D eigenvalue weighted by Gasteiger charge is 2.07. The van der Waals surface area contributed by atoms with Gasteiger partial charge in [0.1, 0.15) is 5.69 Å². The Labute approximate surface area is 99.1 Å². The standard InChI is InChI=1S/C12H14N4O/c13-6-3-7-14-12(17)11-8-15-9-4-1-2-5-10(9)16-11/h1-2,4-5,8H,3,6-7,13H2,(H,14,17). The third kappa shape index (κ3) is 2.76. The number of benzene rings is 1. The van der Waals surface area contributed by atoms with Crippen molar-refractivity contribution in [3.63, 3.8) is 0 Å². The minimum Gasteiger partial charge on any atom is -0.351 e. The lowest BCUT2D eigenvalue weighted by Gasteiger charge is -2.04. The van der Waals surface area contributed by atoms with Crippen LogP contribution in [0.25, 0.3) is 11.0 Å². The first-order chi connectivity index (χ1) is 8.31. The van der Waals surface area contributed by atoms with Gasteiger partial charge in [-0.05, 0) is 25.1 Å². The molecule has 0 spiro atoms. The molecule has 5 heteroatoms. The van der Waals surface area contributed by atoms with E-state index in [2.05, 4.69) is 15.3 Å². The van der Waals surface area contributed by atoms with Crippen LogP contribution >= 0.6 is 0 Å². The number of carbonyl (C=O) groups excluding carboxylic acids is 1. The number of nitrogens with one attached hydrogen (secondary N) is 1. The first-order valence-electron chi connectivity index (χ1n) is 5.51. The molecule has 0 aliphatic carbocycles. The zero-order valence-corrected chi connectivity index (χ0v) is 9.39. The van der Waals surface area contributed by atoms with Gasteiger partial charge in [-0.25, -0.2) is 4.98 Å². The molecule has 0 aliphatic rings. The van der Waals surface area contributed by atoms with Gasteiger partial charge in [0.25, 0.3) is 5.91 Å². The van der Waals surface area contributed by atoms with E-state index in [0.717, 1.165) is 17.5 Å². The van der Waals surface area contributed by atoms with Crippen molar-refractivity contribution in [3.05, 3.63) is 36.2 Å². The molecular formula is C12H14N4O. The zero-order chi connectivity index (χ0) is 12.1. The second-order valence-corrected chi connectivity index (χ2v) is 3.64. The van der Waals surface area contributed by atoms with Crippen LogP contribution in [0.5, 0.6) is 0 Å². The summed E-state index contributed by atoms with van der Waals surface area (Å²) in [6.45, 7) is 1.12. The molecule has 2 rings (SSSR count). The van der Waals surface area contributed by atoms with Crippen molar-refractivity contribution in [1.29, 1.82) is 0 Å². The van der Waals surface area contributed by atoms with E-state index in [1.54, 1.807) is 0 Å². The van der Waals surface area contributed by atoms with Crippen molar-refractivity contribution in [1.82, 2.24) is 15.3 Å². The first kappa shape index (κ1) is 11.5. The molecule has 17 heavy (non-hydrogen) atoms. The lowest BCUT2D eigenvalue weighted by atomic mass is 10.3. The Bertz CT molecular complexity index is 527. The highest BCUT2D eigenvalue weighted by molar-refractivity contribution is 5.93. The van der Waals surface area contributed by atoms with Gasteiger partial charge in [0.2, 0.25) is 0 Å². The largest absolute Gasteiger partial charge is 0.351 e. The molecule has 0 fully saturated rings. The van der Waals surface area contributed by atoms with Crippen molar-refractivity contribution < 1.29 is 4.79 Å². The lowest BCUT2D eigenvalue weighted by Crippen LogP contribution is -2.26. The number of hydrogen-bond acceptors (Lipinski definition) is 4. The van der Waals surface area contributed by atoms with Crippen LogP contribution in [0.15, 0.2) is 30.5 Å². The Morgan fingerprint density at radius 2 is 2.06 bits per heavy atom. The number of rotatable bonds is 4. The minimum absolute atomic E-state index is 0.211. The molecule has 2 aromatic rings. The van der Waals surface area contributed by atoms with E-state index in [9.17, 15) is 4.79 Å². The first-order valence-corrected chi connectivity index (χ1v) is 5.51. The van der Waals surface area contributed by atoms with Gasteiger partial charge in [-0.2, -0.15) is 0 Å². The predicted octanol–water partition coefficient (Wildman–Crippen LogP) is 0.708. The summed E-state index contributed by atoms with van der Waals surface area (Å²) >= 11 is 0. The number of fused-ring (bicyclic) bond motifs is 1. The molecule has 0 saturated heterocycles. The maximum absolute atomic E-state index is 11.7. The van der Waals surface area contributed by atoms with Crippen LogP contribution in [-0.2, 0) is 0 Å². The molecule has 0 unspecified atom stereocenters. The summed E-state index contributed by atoms with van der Waals surface area (Å²) in [6.07, 6.45) is 2.24. The fourth-order valence-electron chi connectivity index (χ4n) is 1.46. The number of nitrogens with zero attached hydrogens (tertiary/aromatic N) is 2. The third-order valence-electron chi connectivity index (χ3n) is 2.35. The molecular weight excluding hydrogens is 216 g/mol. The molecule has 1 heterocycles. The van der Waals surface area contributed by atoms with Crippen LogP contribution in [0.2, 0.25) is 0 Å². The molecule has 1 aromatic carbocycles. The van der Waals surface area contributed by atoms with Crippen LogP contribution < -0.4 is 11.1 Å². The Morgan fingerprint density at radius 1 is 1.29 bits per heavy atom. The molecule has 5 nitrogen and oxygen atoms in total. The van der Waals surface area contributed by atoms with E-state index in [4.69, 9.17) is 5.73 Å². The molecule has 3 N–H and O–H groups in total. The van der Waals surface area contributed by atoms with Gasteiger partial charge in [0.15, 0.2) is 0 Å². The van der Waals surface area contributed by atoms with E-state index in [0.29, 0.717) is 18.8 Å². The predicted molar refractivity (Wildman–Crippen MR) is 65.5 cm³/mol. The topological polar surface area (TPSA) is 80.9 Å². The Balaban J connectivity index is 2.15. The van der Waals surface area contributed by atoms with E-state index in [1.165, 1.54) is 6.20 Å². The monoisotopic (exact) mass is 230 g/mol. The average Bonchev–Trinajstić information content (AvgIpc) is 2.38. The maximum Gasteiger partial charge on any atom is 0.271 e. The van der Waals surface area contributed by atoms with Crippen molar-refractivity contribution >= 4 is 16.9 Å². The van der Waals surface area contributed by atoms with Gasteiger partial charge >= 0.3 is 0 Å². The van der Waals surface area contributed by atoms with Crippen molar-refractivity contribution in [2.24, 2.45) is 5.73 Å². The number of carbonyl (C=O) groups is 1. The van der Waals surface area contributed by atoms with Gasteiger partial charge in [-0.1, -0.05) is 12.1 Å². The molecule has 1 amide bonds. The van der Waals surface area contributed by atoms with E-state index in [1.807, 2.05) is 24.3 Å². The fraction of sp³-hybridized carbons (Fsp3) is 0.250. The minimum atomic E-state index is -0.211. The molecule has 0 atom stereocenters. The second-order valence-electron chi connectivity index (χ2n) is 3.64. The Kier molecular flexibility index (Phi) is 3.62. The van der Waals surface area contributed by atoms with Crippen LogP contribution in [0.1, 0.15) is 16.9 Å². The van der Waals surface area contributed by atoms with Crippen LogP contribution in [0, 0.1) is 0 Å². The second kappa shape index (κ2) is 5.36. The third-order valence-corrected chi connectivity index (χ3v) is 2.35. The van der Waals surface area contributed by atoms with E-state index >= 15 is 0 Å². The Morgan fingerprint density at radius 3 is 2.82 bits per heavy atom. The molecule has 88 valence electrons. The summed E-state index contributed by atoms with van der Waals surface area (Å²) in [7, 11) is 0. The molecule has 0 radical (unpaired) electrons. The number of amides is 1. The number of aromatic nitrogens is 2. The fourth-order valence-corrected chi connectivity index (χ4v) is 1.46. The van der Waals surface area contributed by atoms with Gasteiger partial charge in [-0.3, -0.25) is 9.78 Å². The smallest absolute Gasteiger partial charge is 0.271 e. The maximum atomic E-state index is 11.7. The van der Waals surface area contributed by atoms with Gasteiger partial charge in [0, 0.05) is 6.54 Å². The quantitative estimate of drug-likeness (QED) is 0.758. The highest BCUT2D eigenvalue weighted by Crippen LogP contribution is 2.08. The molecule has 1 aromatic heterocycles. The lowest BCUT2D eigenvalue weighted by molar-refractivity contribution is 0.0948. The summed E-state index contributed by atoms with van der Waals surface area (Å²) < 4.78 is 0. The van der Waals surface area contributed by atoms with Crippen LogP contribution in [0.3, 0.4) is 0 Å². The van der Waals surface area contributed by atoms with Crippen molar-refractivity contribution in [3.8, 4) is 0 Å². The van der Waals surface area contributed by atoms with Crippen molar-refractivity contribution in [2.45, 2.75) is 6.42 Å². The zero-order valence-electron chi connectivity index (χ0n) is 9.39. The van der Waals surface area contributed by atoms with Gasteiger partial charge < -0.3 is 11.1 Å². The van der Waals surface area contributed by atoms with Crippen LogP contribution in [-0.4, -0.2) is 29.0 Å². The van der Waals surface area contributed by atoms with Gasteiger partial charge in [-0.15, -0.1) is 0 Å². The molecule has 0 bridgehead atoms. The SMILES string of the molecule is NCCCNC(=O)c1cnc2ccccc2n1. The number of nitrogens with two attached hydrogens (primary N) is 1. The highest BCUT2D eigenvalue weighted by atomic mass is 16.1. The summed E-state index contributed by atoms with van der Waals surface area (Å²) in [5.74, 6) is -0.211. The van der Waals surface area contributed by atoms with E-state index < -0.39 is 0 Å².